The number of hydrogen-bond acceptors (Lipinski definition) is 12. The van der Waals surface area contributed by atoms with Crippen molar-refractivity contribution in [3.05, 3.63) is 90.5 Å². The number of aromatic nitrogens is 5. The summed E-state index contributed by atoms with van der Waals surface area (Å²) in [4.78, 5) is 45.5. The Balaban J connectivity index is 1.19. The number of nitrogens with zero attached hydrogens (tertiary/aromatic N) is 6. The Morgan fingerprint density at radius 3 is 2.32 bits per heavy atom. The Bertz CT molecular complexity index is 2000. The highest BCUT2D eigenvalue weighted by molar-refractivity contribution is 5.89. The van der Waals surface area contributed by atoms with Gasteiger partial charge < -0.3 is 51.2 Å². The predicted molar refractivity (Wildman–Crippen MR) is 197 cm³/mol. The smallest absolute Gasteiger partial charge is 0.319 e. The van der Waals surface area contributed by atoms with E-state index in [1.54, 1.807) is 66.6 Å². The van der Waals surface area contributed by atoms with Crippen LogP contribution in [0.25, 0.3) is 11.2 Å². The number of fused-ring (bicyclic) bond motifs is 1. The number of phenols is 2. The maximum atomic E-state index is 12.8. The molecule has 5 aromatic rings. The number of aliphatic hydroxyl groups excluding tert-OH is 2. The summed E-state index contributed by atoms with van der Waals surface area (Å²) in [6, 6.07) is 15.5. The SMILES string of the molecule is CCC(=O)N[C@H]1C[C@@H](n2cnc3c(NCC(c4ccc(O)cc4)c4ccc(O)cc4)nc(N4CC[C@@H](NC(=O)Nc5cccnc5)C4)nc32)[C@H](O)[C@@H]1O. The van der Waals surface area contributed by atoms with E-state index in [0.29, 0.717) is 54.7 Å². The number of benzene rings is 2. The summed E-state index contributed by atoms with van der Waals surface area (Å²) < 4.78 is 1.72. The normalized spacial score (nSPS) is 21.2. The zero-order valence-corrected chi connectivity index (χ0v) is 29.0. The van der Waals surface area contributed by atoms with Crippen LogP contribution in [-0.4, -0.2) is 101 Å². The lowest BCUT2D eigenvalue weighted by Gasteiger charge is -2.22. The van der Waals surface area contributed by atoms with E-state index in [-0.39, 0.29) is 48.2 Å². The molecule has 2 fully saturated rings. The van der Waals surface area contributed by atoms with E-state index >= 15 is 0 Å². The van der Waals surface area contributed by atoms with E-state index in [4.69, 9.17) is 9.97 Å². The van der Waals surface area contributed by atoms with Crippen LogP contribution in [0.15, 0.2) is 79.4 Å². The molecule has 1 saturated heterocycles. The third-order valence-corrected chi connectivity index (χ3v) is 9.88. The second-order valence-corrected chi connectivity index (χ2v) is 13.4. The molecule has 53 heavy (non-hydrogen) atoms. The first-order chi connectivity index (χ1) is 25.7. The standard InChI is InChI=1S/C37H42N10O6/c1-2-30(50)43-28-16-29(33(52)32(28)51)47-20-40-31-34(39-18-27(21-5-9-25(48)10-6-21)22-7-11-26(49)12-8-22)44-36(45-35(31)47)46-15-13-24(19-46)42-37(53)41-23-4-3-14-38-17-23/h3-12,14,17,20,24,27-29,32-33,48-49,51-52H,2,13,15-16,18-19H2,1H3,(H,43,50)(H,39,44,45)(H2,41,42,53)/t24-,28+,29-,32-,33+/m1/s1. The quantitative estimate of drug-likeness (QED) is 0.0986. The zero-order valence-electron chi connectivity index (χ0n) is 29.0. The highest BCUT2D eigenvalue weighted by Gasteiger charge is 2.44. The van der Waals surface area contributed by atoms with Gasteiger partial charge in [-0.2, -0.15) is 9.97 Å². The van der Waals surface area contributed by atoms with Crippen LogP contribution in [0.5, 0.6) is 11.5 Å². The van der Waals surface area contributed by atoms with Crippen molar-refractivity contribution in [1.82, 2.24) is 35.1 Å². The number of anilines is 3. The van der Waals surface area contributed by atoms with Gasteiger partial charge in [-0.05, 0) is 60.4 Å². The second-order valence-electron chi connectivity index (χ2n) is 13.4. The number of pyridine rings is 1. The van der Waals surface area contributed by atoms with Gasteiger partial charge in [0, 0.05) is 44.2 Å². The van der Waals surface area contributed by atoms with E-state index < -0.39 is 24.3 Å². The Labute approximate surface area is 305 Å². The Hall–Kier alpha value is -6.00. The van der Waals surface area contributed by atoms with Crippen LogP contribution in [-0.2, 0) is 4.79 Å². The summed E-state index contributed by atoms with van der Waals surface area (Å²) in [5.74, 6) is 0.649. The second kappa shape index (κ2) is 15.3. The average molecular weight is 723 g/mol. The molecule has 0 bridgehead atoms. The van der Waals surface area contributed by atoms with Crippen molar-refractivity contribution in [3.63, 3.8) is 0 Å². The van der Waals surface area contributed by atoms with Crippen LogP contribution in [0.3, 0.4) is 0 Å². The highest BCUT2D eigenvalue weighted by Crippen LogP contribution is 2.36. The minimum atomic E-state index is -1.20. The first-order valence-electron chi connectivity index (χ1n) is 17.6. The summed E-state index contributed by atoms with van der Waals surface area (Å²) in [5.41, 5.74) is 3.27. The summed E-state index contributed by atoms with van der Waals surface area (Å²) >= 11 is 0. The number of nitrogens with one attached hydrogen (secondary N) is 4. The number of carbonyl (C=O) groups is 2. The topological polar surface area (TPSA) is 223 Å². The number of amides is 3. The van der Waals surface area contributed by atoms with Gasteiger partial charge in [0.15, 0.2) is 17.0 Å². The molecule has 2 aromatic carbocycles. The maximum Gasteiger partial charge on any atom is 0.319 e. The lowest BCUT2D eigenvalue weighted by atomic mass is 9.91. The molecule has 16 nitrogen and oxygen atoms in total. The van der Waals surface area contributed by atoms with Crippen molar-refractivity contribution < 1.29 is 30.0 Å². The first kappa shape index (κ1) is 35.4. The Kier molecular flexibility index (Phi) is 10.2. The van der Waals surface area contributed by atoms with Crippen molar-refractivity contribution >= 4 is 40.6 Å². The molecule has 4 heterocycles. The minimum Gasteiger partial charge on any atom is -0.508 e. The monoisotopic (exact) mass is 722 g/mol. The number of carbonyl (C=O) groups excluding carboxylic acids is 2. The van der Waals surface area contributed by atoms with Crippen molar-refractivity contribution in [1.29, 1.82) is 0 Å². The van der Waals surface area contributed by atoms with E-state index in [2.05, 4.69) is 31.2 Å². The average Bonchev–Trinajstić information content (AvgIpc) is 3.88. The summed E-state index contributed by atoms with van der Waals surface area (Å²) in [6.45, 7) is 3.05. The molecular weight excluding hydrogens is 680 g/mol. The highest BCUT2D eigenvalue weighted by atomic mass is 16.3. The molecule has 3 aromatic heterocycles. The molecule has 1 aliphatic carbocycles. The summed E-state index contributed by atoms with van der Waals surface area (Å²) in [5, 5.41) is 54.1. The van der Waals surface area contributed by atoms with E-state index in [1.807, 2.05) is 29.2 Å². The third kappa shape index (κ3) is 7.78. The number of aromatic hydroxyl groups is 2. The number of rotatable bonds is 11. The Morgan fingerprint density at radius 2 is 1.66 bits per heavy atom. The molecule has 0 unspecified atom stereocenters. The van der Waals surface area contributed by atoms with Gasteiger partial charge in [-0.25, -0.2) is 9.78 Å². The van der Waals surface area contributed by atoms with Gasteiger partial charge in [-0.1, -0.05) is 31.2 Å². The fourth-order valence-electron chi connectivity index (χ4n) is 7.04. The lowest BCUT2D eigenvalue weighted by Crippen LogP contribution is -2.42. The molecule has 0 radical (unpaired) electrons. The Morgan fingerprint density at radius 1 is 0.943 bits per heavy atom. The molecule has 16 heteroatoms. The lowest BCUT2D eigenvalue weighted by molar-refractivity contribution is -0.122. The molecule has 5 atom stereocenters. The fourth-order valence-corrected chi connectivity index (χ4v) is 7.04. The molecule has 0 spiro atoms. The molecule has 276 valence electrons. The zero-order chi connectivity index (χ0) is 37.1. The van der Waals surface area contributed by atoms with Gasteiger partial charge in [0.25, 0.3) is 0 Å². The van der Waals surface area contributed by atoms with Gasteiger partial charge in [-0.15, -0.1) is 0 Å². The number of aliphatic hydroxyl groups is 2. The van der Waals surface area contributed by atoms with Crippen molar-refractivity contribution in [3.8, 4) is 11.5 Å². The van der Waals surface area contributed by atoms with E-state index in [0.717, 1.165) is 11.1 Å². The number of hydrogen-bond donors (Lipinski definition) is 8. The largest absolute Gasteiger partial charge is 0.508 e. The molecule has 8 N–H and O–H groups in total. The van der Waals surface area contributed by atoms with Crippen LogP contribution < -0.4 is 26.2 Å². The minimum absolute atomic E-state index is 0.141. The van der Waals surface area contributed by atoms with Gasteiger partial charge in [-0.3, -0.25) is 9.78 Å². The van der Waals surface area contributed by atoms with Crippen molar-refractivity contribution in [2.45, 2.75) is 62.4 Å². The third-order valence-electron chi connectivity index (χ3n) is 9.88. The van der Waals surface area contributed by atoms with Gasteiger partial charge in [0.05, 0.1) is 30.3 Å². The van der Waals surface area contributed by atoms with Crippen LogP contribution in [0, 0.1) is 0 Å². The number of phenolic OH excluding ortho intramolecular Hbond substituents is 2. The molecule has 1 saturated carbocycles. The number of urea groups is 1. The van der Waals surface area contributed by atoms with Gasteiger partial charge >= 0.3 is 6.03 Å². The molecule has 3 amide bonds. The molecular formula is C37H42N10O6. The number of imidazole rings is 1. The maximum absolute atomic E-state index is 12.8. The van der Waals surface area contributed by atoms with Crippen molar-refractivity contribution in [2.24, 2.45) is 0 Å². The van der Waals surface area contributed by atoms with Crippen LogP contribution in [0.4, 0.5) is 22.2 Å². The molecule has 2 aliphatic rings. The van der Waals surface area contributed by atoms with E-state index in [1.165, 1.54) is 0 Å². The van der Waals surface area contributed by atoms with Gasteiger partial charge in [0.1, 0.15) is 23.7 Å². The predicted octanol–water partition coefficient (Wildman–Crippen LogP) is 2.84. The van der Waals surface area contributed by atoms with Crippen LogP contribution >= 0.6 is 0 Å². The molecule has 1 aliphatic heterocycles. The van der Waals surface area contributed by atoms with Gasteiger partial charge in [0.2, 0.25) is 11.9 Å². The van der Waals surface area contributed by atoms with Crippen LogP contribution in [0.2, 0.25) is 0 Å². The van der Waals surface area contributed by atoms with E-state index in [9.17, 15) is 30.0 Å². The summed E-state index contributed by atoms with van der Waals surface area (Å²) in [6.07, 6.45) is 3.51. The first-order valence-corrected chi connectivity index (χ1v) is 17.6. The molecule has 7 rings (SSSR count). The van der Waals surface area contributed by atoms with Crippen LogP contribution in [0.1, 0.15) is 49.3 Å². The fraction of sp³-hybridized carbons (Fsp3) is 0.351. The van der Waals surface area contributed by atoms with Crippen molar-refractivity contribution in [2.75, 3.05) is 35.2 Å². The summed E-state index contributed by atoms with van der Waals surface area (Å²) in [7, 11) is 0.